The number of nitrogens with one attached hydrogen (secondary N) is 1. The molecule has 1 aliphatic heterocycles. The zero-order chi connectivity index (χ0) is 30.5. The van der Waals surface area contributed by atoms with E-state index < -0.39 is 41.5 Å². The number of esters is 1. The van der Waals surface area contributed by atoms with Crippen molar-refractivity contribution in [2.24, 2.45) is 4.99 Å². The summed E-state index contributed by atoms with van der Waals surface area (Å²) < 4.78 is 87.2. The van der Waals surface area contributed by atoms with Gasteiger partial charge in [0.2, 0.25) is 5.84 Å². The van der Waals surface area contributed by atoms with Crippen molar-refractivity contribution in [1.82, 2.24) is 15.1 Å². The van der Waals surface area contributed by atoms with Gasteiger partial charge in [0.05, 0.1) is 13.7 Å². The Labute approximate surface area is 238 Å². The molecule has 2 aromatic rings. The lowest BCUT2D eigenvalue weighted by molar-refractivity contribution is -0.143. The zero-order valence-electron chi connectivity index (χ0n) is 22.2. The molecule has 3 rings (SSSR count). The maximum absolute atomic E-state index is 14.6. The molecule has 0 aliphatic carbocycles. The van der Waals surface area contributed by atoms with Crippen LogP contribution >= 0.6 is 11.6 Å². The second-order valence-corrected chi connectivity index (χ2v) is 9.41. The highest BCUT2D eigenvalue weighted by Gasteiger charge is 2.41. The van der Waals surface area contributed by atoms with Crippen molar-refractivity contribution in [2.45, 2.75) is 18.6 Å². The summed E-state index contributed by atoms with van der Waals surface area (Å²) in [5.41, 5.74) is 0.592. The highest BCUT2D eigenvalue weighted by molar-refractivity contribution is 6.31. The van der Waals surface area contributed by atoms with Crippen molar-refractivity contribution in [1.29, 1.82) is 0 Å². The number of halogens is 7. The minimum Gasteiger partial charge on any atom is -0.467 e. The number of rotatable bonds is 8. The molecular weight excluding hydrogens is 574 g/mol. The number of allylic oxidation sites excluding steroid dienone is 2. The van der Waals surface area contributed by atoms with Crippen LogP contribution in [-0.4, -0.2) is 61.6 Å². The third-order valence-electron chi connectivity index (χ3n) is 6.27. The highest BCUT2D eigenvalue weighted by Crippen LogP contribution is 2.28. The maximum atomic E-state index is 14.6. The van der Waals surface area contributed by atoms with E-state index in [2.05, 4.69) is 23.5 Å². The first kappa shape index (κ1) is 31.6. The summed E-state index contributed by atoms with van der Waals surface area (Å²) in [6.45, 7) is 7.64. The van der Waals surface area contributed by atoms with Gasteiger partial charge in [-0.15, -0.1) is 0 Å². The number of carbonyl (C=O) groups is 1. The topological polar surface area (TPSA) is 57.2 Å². The lowest BCUT2D eigenvalue weighted by Crippen LogP contribution is -2.50. The molecule has 1 unspecified atom stereocenters. The summed E-state index contributed by atoms with van der Waals surface area (Å²) in [5.74, 6) is -5.51. The molecule has 2 aromatic carbocycles. The third kappa shape index (κ3) is 7.63. The van der Waals surface area contributed by atoms with E-state index in [1.54, 1.807) is 29.2 Å². The Morgan fingerprint density at radius 2 is 1.83 bits per heavy atom. The first-order valence-corrected chi connectivity index (χ1v) is 12.5. The molecule has 0 radical (unpaired) electrons. The summed E-state index contributed by atoms with van der Waals surface area (Å²) in [5, 5.41) is 3.16. The number of benzene rings is 2. The largest absolute Gasteiger partial charge is 0.467 e. The van der Waals surface area contributed by atoms with E-state index in [0.29, 0.717) is 17.7 Å². The Balaban J connectivity index is 1.96. The van der Waals surface area contributed by atoms with Crippen LogP contribution in [0, 0.1) is 17.5 Å². The summed E-state index contributed by atoms with van der Waals surface area (Å²) >= 11 is 6.31. The van der Waals surface area contributed by atoms with Crippen molar-refractivity contribution in [3.8, 4) is 0 Å². The van der Waals surface area contributed by atoms with Gasteiger partial charge in [-0.05, 0) is 23.8 Å². The van der Waals surface area contributed by atoms with Gasteiger partial charge in [-0.2, -0.15) is 13.2 Å². The van der Waals surface area contributed by atoms with Crippen LogP contribution in [0.2, 0.25) is 5.02 Å². The molecule has 220 valence electrons. The molecule has 0 saturated carbocycles. The minimum absolute atomic E-state index is 0.0534. The summed E-state index contributed by atoms with van der Waals surface area (Å²) in [7, 11) is 2.20. The molecular formula is C28H27ClF6N4O2. The van der Waals surface area contributed by atoms with Gasteiger partial charge in [-0.1, -0.05) is 43.0 Å². The Morgan fingerprint density at radius 1 is 1.17 bits per heavy atom. The monoisotopic (exact) mass is 600 g/mol. The van der Waals surface area contributed by atoms with E-state index in [4.69, 9.17) is 16.3 Å². The van der Waals surface area contributed by atoms with E-state index in [1.165, 1.54) is 6.08 Å². The van der Waals surface area contributed by atoms with Crippen LogP contribution in [0.1, 0.15) is 17.2 Å². The molecule has 13 heteroatoms. The molecule has 1 aliphatic rings. The van der Waals surface area contributed by atoms with Crippen LogP contribution in [0.15, 0.2) is 77.7 Å². The van der Waals surface area contributed by atoms with Gasteiger partial charge in [-0.3, -0.25) is 4.99 Å². The molecule has 1 N–H and O–H groups in total. The van der Waals surface area contributed by atoms with Crippen LogP contribution in [0.3, 0.4) is 0 Å². The number of alkyl halides is 3. The van der Waals surface area contributed by atoms with Crippen LogP contribution in [0.4, 0.5) is 26.3 Å². The van der Waals surface area contributed by atoms with Gasteiger partial charge in [0.1, 0.15) is 5.82 Å². The number of piperazine rings is 1. The van der Waals surface area contributed by atoms with Crippen LogP contribution in [0.5, 0.6) is 0 Å². The Kier molecular flexibility index (Phi) is 10.1. The van der Waals surface area contributed by atoms with Gasteiger partial charge < -0.3 is 19.9 Å². The molecule has 0 spiro atoms. The van der Waals surface area contributed by atoms with E-state index in [0.717, 1.165) is 19.1 Å². The molecule has 41 heavy (non-hydrogen) atoms. The number of hydrogen-bond donors (Lipinski definition) is 1. The zero-order valence-corrected chi connectivity index (χ0v) is 22.9. The lowest BCUT2D eigenvalue weighted by atomic mass is 10.0. The summed E-state index contributed by atoms with van der Waals surface area (Å²) in [6, 6.07) is 6.30. The number of carbonyl (C=O) groups excluding carboxylic acids is 1. The predicted octanol–water partition coefficient (Wildman–Crippen LogP) is 5.92. The fraction of sp³-hybridized carbons (Fsp3) is 0.286. The maximum Gasteiger partial charge on any atom is 0.449 e. The SMILES string of the molecule is C=C(/C=C(/Cc1cc(F)c(F)cc1F)NC(C(=O)OC)c1ccccc1Cl)N1CCN(/C(=N\C)C(F)(F)F)C(=C)C1. The molecule has 1 fully saturated rings. The van der Waals surface area contributed by atoms with Crippen LogP contribution in [0.25, 0.3) is 0 Å². The third-order valence-corrected chi connectivity index (χ3v) is 6.61. The number of nitrogens with zero attached hydrogens (tertiary/aromatic N) is 3. The molecule has 0 bridgehead atoms. The second kappa shape index (κ2) is 13.2. The Morgan fingerprint density at radius 3 is 2.41 bits per heavy atom. The molecule has 1 heterocycles. The van der Waals surface area contributed by atoms with Crippen LogP contribution in [-0.2, 0) is 16.0 Å². The van der Waals surface area contributed by atoms with Crippen molar-refractivity contribution < 1.29 is 35.9 Å². The van der Waals surface area contributed by atoms with Gasteiger partial charge in [0, 0.05) is 60.3 Å². The van der Waals surface area contributed by atoms with Crippen molar-refractivity contribution in [2.75, 3.05) is 33.8 Å². The minimum atomic E-state index is -4.68. The summed E-state index contributed by atoms with van der Waals surface area (Å²) in [6.07, 6.45) is -3.60. The van der Waals surface area contributed by atoms with Gasteiger partial charge in [0.25, 0.3) is 0 Å². The predicted molar refractivity (Wildman–Crippen MR) is 143 cm³/mol. The van der Waals surface area contributed by atoms with E-state index in [1.807, 2.05) is 0 Å². The average molecular weight is 601 g/mol. The fourth-order valence-electron chi connectivity index (χ4n) is 4.28. The smallest absolute Gasteiger partial charge is 0.449 e. The lowest BCUT2D eigenvalue weighted by Gasteiger charge is -2.39. The summed E-state index contributed by atoms with van der Waals surface area (Å²) in [4.78, 5) is 18.7. The molecule has 6 nitrogen and oxygen atoms in total. The number of amidine groups is 1. The standard InChI is InChI=1S/C28H27ClF6N4O2/c1-16(38-9-10-39(17(2)15-38)27(36-3)28(33,34)35)11-19(12-18-13-23(31)24(32)14-22(18)30)37-25(26(40)41-4)20-7-5-6-8-21(20)29/h5-8,11,13-14,25,37H,1-2,9-10,12,15H2,3-4H3/b19-11-,36-27-. The van der Waals surface area contributed by atoms with Crippen molar-refractivity contribution in [3.63, 3.8) is 0 Å². The van der Waals surface area contributed by atoms with E-state index in [9.17, 15) is 31.1 Å². The highest BCUT2D eigenvalue weighted by atomic mass is 35.5. The Bertz CT molecular complexity index is 1390. The molecule has 1 saturated heterocycles. The number of ether oxygens (including phenoxy) is 1. The fourth-order valence-corrected chi connectivity index (χ4v) is 4.53. The number of hydrogen-bond acceptors (Lipinski definition) is 5. The first-order chi connectivity index (χ1) is 19.3. The van der Waals surface area contributed by atoms with Gasteiger partial charge in [0.15, 0.2) is 17.7 Å². The number of methoxy groups -OCH3 is 1. The van der Waals surface area contributed by atoms with Crippen molar-refractivity contribution in [3.05, 3.63) is 106 Å². The van der Waals surface area contributed by atoms with Gasteiger partial charge >= 0.3 is 12.1 Å². The average Bonchev–Trinajstić information content (AvgIpc) is 2.90. The van der Waals surface area contributed by atoms with Crippen molar-refractivity contribution >= 4 is 23.4 Å². The van der Waals surface area contributed by atoms with E-state index in [-0.39, 0.29) is 53.7 Å². The van der Waals surface area contributed by atoms with E-state index >= 15 is 0 Å². The Hall–Kier alpha value is -3.93. The normalized spacial score (nSPS) is 15.6. The molecule has 0 aromatic heterocycles. The quantitative estimate of drug-likeness (QED) is 0.102. The molecule has 1 atom stereocenters. The van der Waals surface area contributed by atoms with Crippen LogP contribution < -0.4 is 5.32 Å². The number of aliphatic imine (C=N–C) groups is 1. The first-order valence-electron chi connectivity index (χ1n) is 12.1. The van der Waals surface area contributed by atoms with Gasteiger partial charge in [-0.25, -0.2) is 18.0 Å². The second-order valence-electron chi connectivity index (χ2n) is 9.00. The molecule has 0 amide bonds.